The largest absolute Gasteiger partial charge is 0.235 e. The van der Waals surface area contributed by atoms with Gasteiger partial charge in [0.2, 0.25) is 11.6 Å². The maximum atomic E-state index is 14.7. The molecule has 0 amide bonds. The van der Waals surface area contributed by atoms with Gasteiger partial charge >= 0.3 is 0 Å². The van der Waals surface area contributed by atoms with Crippen molar-refractivity contribution in [3.8, 4) is 0 Å². The zero-order valence-electron chi connectivity index (χ0n) is 9.55. The average Bonchev–Trinajstić information content (AvgIpc) is 3.01. The van der Waals surface area contributed by atoms with Crippen LogP contribution in [0.2, 0.25) is 0 Å². The van der Waals surface area contributed by atoms with Crippen LogP contribution in [0.15, 0.2) is 65.8 Å². The van der Waals surface area contributed by atoms with Crippen LogP contribution in [0.25, 0.3) is 0 Å². The van der Waals surface area contributed by atoms with E-state index in [-0.39, 0.29) is 5.92 Å². The van der Waals surface area contributed by atoms with Crippen molar-refractivity contribution in [2.75, 3.05) is 0 Å². The summed E-state index contributed by atoms with van der Waals surface area (Å²) < 4.78 is 28.3. The molecule has 2 aliphatic rings. The molecule has 0 N–H and O–H groups in total. The number of alkyl halides is 1. The van der Waals surface area contributed by atoms with Crippen LogP contribution in [0.1, 0.15) is 17.0 Å². The smallest absolute Gasteiger partial charge is 0.229 e. The number of rotatable bonds is 2. The first-order valence-corrected chi connectivity index (χ1v) is 5.76. The van der Waals surface area contributed by atoms with Gasteiger partial charge in [-0.3, -0.25) is 0 Å². The van der Waals surface area contributed by atoms with E-state index in [1.54, 1.807) is 12.1 Å². The third-order valence-corrected chi connectivity index (χ3v) is 3.25. The summed E-state index contributed by atoms with van der Waals surface area (Å²) in [5, 5.41) is 0. The molecule has 3 rings (SSSR count). The molecule has 1 heterocycles. The standard InChI is InChI=1S/C15H11F2N/c16-14-15(17,9-10-18-14)13-8-4-3-7-12(13)11-5-1-2-6-11/h1-11H. The number of aliphatic imine (C=N–C) groups is 1. The second kappa shape index (κ2) is 4.02. The molecule has 1 aromatic carbocycles. The van der Waals surface area contributed by atoms with E-state index < -0.39 is 11.6 Å². The summed E-state index contributed by atoms with van der Waals surface area (Å²) in [5.41, 5.74) is -1.14. The van der Waals surface area contributed by atoms with Crippen LogP contribution < -0.4 is 0 Å². The Morgan fingerprint density at radius 1 is 1.11 bits per heavy atom. The molecular weight excluding hydrogens is 232 g/mol. The Hall–Kier alpha value is -2.03. The molecular formula is C15H11F2N. The van der Waals surface area contributed by atoms with Crippen LogP contribution in [0.3, 0.4) is 0 Å². The molecule has 0 spiro atoms. The van der Waals surface area contributed by atoms with Gasteiger partial charge in [-0.25, -0.2) is 9.38 Å². The van der Waals surface area contributed by atoms with E-state index in [1.165, 1.54) is 6.20 Å². The molecule has 1 nitrogen and oxygen atoms in total. The first kappa shape index (κ1) is 11.1. The molecule has 0 saturated carbocycles. The van der Waals surface area contributed by atoms with E-state index in [1.807, 2.05) is 36.4 Å². The van der Waals surface area contributed by atoms with Crippen molar-refractivity contribution in [1.29, 1.82) is 0 Å². The lowest BCUT2D eigenvalue weighted by Gasteiger charge is -2.21. The fourth-order valence-corrected chi connectivity index (χ4v) is 2.33. The van der Waals surface area contributed by atoms with Crippen LogP contribution >= 0.6 is 0 Å². The molecule has 1 atom stereocenters. The van der Waals surface area contributed by atoms with Crippen molar-refractivity contribution in [1.82, 2.24) is 0 Å². The van der Waals surface area contributed by atoms with Gasteiger partial charge in [0.15, 0.2) is 0 Å². The number of hydrogen-bond donors (Lipinski definition) is 0. The number of hydrogen-bond acceptors (Lipinski definition) is 1. The Balaban J connectivity index is 2.13. The Labute approximate surface area is 104 Å². The summed E-state index contributed by atoms with van der Waals surface area (Å²) in [6.45, 7) is 0. The lowest BCUT2D eigenvalue weighted by atomic mass is 9.86. The highest BCUT2D eigenvalue weighted by molar-refractivity contribution is 5.90. The van der Waals surface area contributed by atoms with E-state index in [0.29, 0.717) is 5.56 Å². The van der Waals surface area contributed by atoms with Gasteiger partial charge < -0.3 is 0 Å². The summed E-state index contributed by atoms with van der Waals surface area (Å²) in [7, 11) is 0. The quantitative estimate of drug-likeness (QED) is 0.745. The predicted molar refractivity (Wildman–Crippen MR) is 67.9 cm³/mol. The Morgan fingerprint density at radius 2 is 1.83 bits per heavy atom. The van der Waals surface area contributed by atoms with Crippen LogP contribution in [0.4, 0.5) is 8.78 Å². The van der Waals surface area contributed by atoms with Gasteiger partial charge in [0.25, 0.3) is 0 Å². The zero-order chi connectivity index (χ0) is 12.6. The van der Waals surface area contributed by atoms with Crippen molar-refractivity contribution in [2.45, 2.75) is 11.6 Å². The van der Waals surface area contributed by atoms with Crippen molar-refractivity contribution < 1.29 is 8.78 Å². The molecule has 1 aliphatic heterocycles. The number of halogens is 2. The highest BCUT2D eigenvalue weighted by atomic mass is 19.2. The second-order valence-electron chi connectivity index (χ2n) is 4.33. The van der Waals surface area contributed by atoms with E-state index in [2.05, 4.69) is 4.99 Å². The van der Waals surface area contributed by atoms with Gasteiger partial charge in [-0.15, -0.1) is 0 Å². The number of benzene rings is 1. The fraction of sp³-hybridized carbons (Fsp3) is 0.133. The summed E-state index contributed by atoms with van der Waals surface area (Å²) >= 11 is 0. The summed E-state index contributed by atoms with van der Waals surface area (Å²) in [5.74, 6) is -1.00. The van der Waals surface area contributed by atoms with Crippen molar-refractivity contribution >= 4 is 5.97 Å². The topological polar surface area (TPSA) is 12.4 Å². The molecule has 0 saturated heterocycles. The van der Waals surface area contributed by atoms with E-state index in [0.717, 1.165) is 11.6 Å². The third-order valence-electron chi connectivity index (χ3n) is 3.25. The Bertz CT molecular complexity index is 586. The normalized spacial score (nSPS) is 26.0. The molecule has 0 radical (unpaired) electrons. The van der Waals surface area contributed by atoms with Crippen molar-refractivity contribution in [2.24, 2.45) is 4.99 Å². The van der Waals surface area contributed by atoms with E-state index in [4.69, 9.17) is 0 Å². The SMILES string of the molecule is FC1=NC=CC1(F)c1ccccc1C1C=CC=C1. The molecule has 1 aromatic rings. The summed E-state index contributed by atoms with van der Waals surface area (Å²) in [6.07, 6.45) is 10.0. The van der Waals surface area contributed by atoms with Crippen LogP contribution in [-0.4, -0.2) is 5.97 Å². The van der Waals surface area contributed by atoms with Crippen molar-refractivity contribution in [3.05, 3.63) is 72.0 Å². The molecule has 1 aliphatic carbocycles. The molecule has 18 heavy (non-hydrogen) atoms. The third kappa shape index (κ3) is 1.55. The molecule has 3 heteroatoms. The summed E-state index contributed by atoms with van der Waals surface area (Å²) in [4.78, 5) is 3.39. The molecule has 0 aromatic heterocycles. The first-order valence-electron chi connectivity index (χ1n) is 5.76. The Kier molecular flexibility index (Phi) is 2.47. The van der Waals surface area contributed by atoms with E-state index >= 15 is 0 Å². The van der Waals surface area contributed by atoms with Gasteiger partial charge in [0.05, 0.1) is 0 Å². The highest BCUT2D eigenvalue weighted by Gasteiger charge is 2.41. The highest BCUT2D eigenvalue weighted by Crippen LogP contribution is 2.39. The maximum absolute atomic E-state index is 14.7. The minimum Gasteiger partial charge on any atom is -0.229 e. The van der Waals surface area contributed by atoms with Crippen molar-refractivity contribution in [3.63, 3.8) is 0 Å². The van der Waals surface area contributed by atoms with Crippen LogP contribution in [0.5, 0.6) is 0 Å². The minimum atomic E-state index is -2.22. The number of nitrogens with zero attached hydrogens (tertiary/aromatic N) is 1. The number of allylic oxidation sites excluding steroid dienone is 5. The summed E-state index contributed by atoms with van der Waals surface area (Å²) in [6, 6.07) is 6.97. The second-order valence-corrected chi connectivity index (χ2v) is 4.33. The average molecular weight is 243 g/mol. The fourth-order valence-electron chi connectivity index (χ4n) is 2.33. The van der Waals surface area contributed by atoms with Crippen LogP contribution in [-0.2, 0) is 5.67 Å². The predicted octanol–water partition coefficient (Wildman–Crippen LogP) is 3.96. The zero-order valence-corrected chi connectivity index (χ0v) is 9.55. The minimum absolute atomic E-state index is 0.00405. The van der Waals surface area contributed by atoms with Gasteiger partial charge in [0.1, 0.15) is 0 Å². The van der Waals surface area contributed by atoms with Gasteiger partial charge in [-0.1, -0.05) is 48.6 Å². The van der Waals surface area contributed by atoms with E-state index in [9.17, 15) is 8.78 Å². The first-order chi connectivity index (χ1) is 8.72. The molecule has 0 fully saturated rings. The molecule has 1 unspecified atom stereocenters. The van der Waals surface area contributed by atoms with Crippen LogP contribution in [0, 0.1) is 0 Å². The lowest BCUT2D eigenvalue weighted by molar-refractivity contribution is 0.314. The Morgan fingerprint density at radius 3 is 2.50 bits per heavy atom. The molecule has 90 valence electrons. The maximum Gasteiger partial charge on any atom is 0.235 e. The van der Waals surface area contributed by atoms with Gasteiger partial charge in [0, 0.05) is 17.7 Å². The monoisotopic (exact) mass is 243 g/mol. The van der Waals surface area contributed by atoms with Gasteiger partial charge in [-0.05, 0) is 11.6 Å². The molecule has 0 bridgehead atoms. The van der Waals surface area contributed by atoms with Gasteiger partial charge in [-0.2, -0.15) is 4.39 Å². The lowest BCUT2D eigenvalue weighted by Crippen LogP contribution is -2.25.